The molecule has 0 amide bonds. The molecule has 0 radical (unpaired) electrons. The number of rotatable bonds is 7. The largest absolute Gasteiger partial charge is 0.383 e. The summed E-state index contributed by atoms with van der Waals surface area (Å²) >= 11 is 6.77. The predicted octanol–water partition coefficient (Wildman–Crippen LogP) is 3.19. The summed E-state index contributed by atoms with van der Waals surface area (Å²) in [6.45, 7) is 2.40. The van der Waals surface area contributed by atoms with E-state index in [0.717, 1.165) is 33.4 Å². The van der Waals surface area contributed by atoms with Crippen molar-refractivity contribution >= 4 is 39.0 Å². The highest BCUT2D eigenvalue weighted by atomic mass is 79.9. The zero-order valence-corrected chi connectivity index (χ0v) is 13.6. The highest BCUT2D eigenvalue weighted by Gasteiger charge is 2.05. The van der Waals surface area contributed by atoms with Crippen LogP contribution in [0, 0.1) is 0 Å². The van der Waals surface area contributed by atoms with Crippen molar-refractivity contribution < 1.29 is 4.74 Å². The van der Waals surface area contributed by atoms with E-state index in [0.29, 0.717) is 0 Å². The van der Waals surface area contributed by atoms with Crippen LogP contribution in [0.25, 0.3) is 0 Å². The molecule has 1 aromatic carbocycles. The van der Waals surface area contributed by atoms with E-state index in [9.17, 15) is 0 Å². The Bertz CT molecular complexity index is 508. The molecule has 7 heteroatoms. The monoisotopic (exact) mass is 359 g/mol. The molecule has 0 aliphatic heterocycles. The fourth-order valence-corrected chi connectivity index (χ4v) is 3.60. The highest BCUT2D eigenvalue weighted by molar-refractivity contribution is 9.10. The fourth-order valence-electron chi connectivity index (χ4n) is 1.44. The van der Waals surface area contributed by atoms with Crippen LogP contribution in [0.4, 0.5) is 0 Å². The molecule has 4 nitrogen and oxygen atoms in total. The first-order chi connectivity index (χ1) is 9.29. The van der Waals surface area contributed by atoms with Gasteiger partial charge in [-0.25, -0.2) is 0 Å². The van der Waals surface area contributed by atoms with E-state index in [2.05, 4.69) is 49.6 Å². The van der Waals surface area contributed by atoms with Gasteiger partial charge in [0.1, 0.15) is 5.51 Å². The lowest BCUT2D eigenvalue weighted by Gasteiger charge is -2.08. The molecule has 0 atom stereocenters. The number of nitrogens with zero attached hydrogens (tertiary/aromatic N) is 2. The van der Waals surface area contributed by atoms with Gasteiger partial charge in [0, 0.05) is 29.6 Å². The molecule has 0 saturated heterocycles. The molecule has 1 aromatic heterocycles. The smallest absolute Gasteiger partial charge is 0.178 e. The Labute approximate surface area is 129 Å². The van der Waals surface area contributed by atoms with E-state index in [1.165, 1.54) is 5.56 Å². The molecule has 0 unspecified atom stereocenters. The summed E-state index contributed by atoms with van der Waals surface area (Å²) < 4.78 is 7.06. The maximum absolute atomic E-state index is 5.00. The molecule has 19 heavy (non-hydrogen) atoms. The van der Waals surface area contributed by atoms with Crippen molar-refractivity contribution in [2.24, 2.45) is 0 Å². The van der Waals surface area contributed by atoms with Crippen LogP contribution in [0.2, 0.25) is 0 Å². The molecule has 0 fully saturated rings. The Hall–Kier alpha value is -0.470. The Balaban J connectivity index is 1.93. The molecule has 1 heterocycles. The summed E-state index contributed by atoms with van der Waals surface area (Å²) in [7, 11) is 1.71. The molecular formula is C12H14BrN3OS2. The summed E-state index contributed by atoms with van der Waals surface area (Å²) in [5, 5.41) is 11.2. The quantitative estimate of drug-likeness (QED) is 0.769. The molecule has 2 rings (SSSR count). The Morgan fingerprint density at radius 3 is 3.05 bits per heavy atom. The number of hydrogen-bond acceptors (Lipinski definition) is 6. The van der Waals surface area contributed by atoms with Crippen LogP contribution < -0.4 is 5.32 Å². The minimum Gasteiger partial charge on any atom is -0.383 e. The van der Waals surface area contributed by atoms with Gasteiger partial charge in [0.25, 0.3) is 0 Å². The van der Waals surface area contributed by atoms with E-state index < -0.39 is 0 Å². The molecule has 2 aromatic rings. The van der Waals surface area contributed by atoms with Crippen molar-refractivity contribution in [1.29, 1.82) is 0 Å². The number of nitrogens with one attached hydrogen (secondary N) is 1. The molecule has 0 aliphatic carbocycles. The van der Waals surface area contributed by atoms with E-state index >= 15 is 0 Å². The van der Waals surface area contributed by atoms with Crippen LogP contribution in [-0.2, 0) is 11.3 Å². The van der Waals surface area contributed by atoms with Crippen LogP contribution in [0.3, 0.4) is 0 Å². The van der Waals surface area contributed by atoms with E-state index in [1.54, 1.807) is 35.7 Å². The van der Waals surface area contributed by atoms with Gasteiger partial charge in [-0.15, -0.1) is 10.2 Å². The lowest BCUT2D eigenvalue weighted by Crippen LogP contribution is -2.18. The number of benzene rings is 1. The van der Waals surface area contributed by atoms with Crippen molar-refractivity contribution in [3.8, 4) is 0 Å². The molecule has 0 spiro atoms. The van der Waals surface area contributed by atoms with Crippen LogP contribution in [-0.4, -0.2) is 30.5 Å². The second-order valence-corrected chi connectivity index (χ2v) is 6.74. The zero-order valence-electron chi connectivity index (χ0n) is 10.4. The minimum atomic E-state index is 0.725. The van der Waals surface area contributed by atoms with Crippen molar-refractivity contribution in [1.82, 2.24) is 15.5 Å². The van der Waals surface area contributed by atoms with Gasteiger partial charge in [0.05, 0.1) is 6.61 Å². The molecule has 0 bridgehead atoms. The lowest BCUT2D eigenvalue weighted by atomic mass is 10.2. The van der Waals surface area contributed by atoms with Gasteiger partial charge in [-0.3, -0.25) is 0 Å². The van der Waals surface area contributed by atoms with Gasteiger partial charge in [0.2, 0.25) is 0 Å². The first kappa shape index (κ1) is 14.9. The van der Waals surface area contributed by atoms with Gasteiger partial charge in [-0.05, 0) is 17.7 Å². The van der Waals surface area contributed by atoms with Crippen LogP contribution in [0.1, 0.15) is 5.56 Å². The minimum absolute atomic E-state index is 0.725. The third-order valence-electron chi connectivity index (χ3n) is 2.37. The number of hydrogen-bond donors (Lipinski definition) is 1. The van der Waals surface area contributed by atoms with Gasteiger partial charge in [-0.2, -0.15) is 0 Å². The van der Waals surface area contributed by atoms with Crippen LogP contribution in [0.5, 0.6) is 0 Å². The summed E-state index contributed by atoms with van der Waals surface area (Å²) in [5.74, 6) is 0. The topological polar surface area (TPSA) is 47.0 Å². The molecule has 0 aliphatic rings. The Morgan fingerprint density at radius 2 is 2.37 bits per heavy atom. The van der Waals surface area contributed by atoms with E-state index in [1.807, 2.05) is 0 Å². The standard InChI is InChI=1S/C12H14BrN3OS2/c1-17-5-4-14-7-9-2-3-10(6-11(9)13)19-12-16-15-8-18-12/h2-3,6,8,14H,4-5,7H2,1H3. The van der Waals surface area contributed by atoms with Crippen molar-refractivity contribution in [2.75, 3.05) is 20.3 Å². The summed E-state index contributed by atoms with van der Waals surface area (Å²) in [6, 6.07) is 6.33. The maximum Gasteiger partial charge on any atom is 0.178 e. The SMILES string of the molecule is COCCNCc1ccc(Sc2nncs2)cc1Br. The number of ether oxygens (including phenoxy) is 1. The summed E-state index contributed by atoms with van der Waals surface area (Å²) in [6.07, 6.45) is 0. The van der Waals surface area contributed by atoms with Crippen molar-refractivity contribution in [3.63, 3.8) is 0 Å². The van der Waals surface area contributed by atoms with Crippen LogP contribution in [0.15, 0.2) is 37.4 Å². The Morgan fingerprint density at radius 1 is 1.47 bits per heavy atom. The average Bonchev–Trinajstić information content (AvgIpc) is 2.90. The number of methoxy groups -OCH3 is 1. The summed E-state index contributed by atoms with van der Waals surface area (Å²) in [4.78, 5) is 1.16. The highest BCUT2D eigenvalue weighted by Crippen LogP contribution is 2.31. The third kappa shape index (κ3) is 4.85. The fraction of sp³-hybridized carbons (Fsp3) is 0.333. The lowest BCUT2D eigenvalue weighted by molar-refractivity contribution is 0.199. The zero-order chi connectivity index (χ0) is 13.5. The maximum atomic E-state index is 5.00. The third-order valence-corrected chi connectivity index (χ3v) is 4.87. The van der Waals surface area contributed by atoms with Gasteiger partial charge < -0.3 is 10.1 Å². The van der Waals surface area contributed by atoms with Gasteiger partial charge in [0.15, 0.2) is 4.34 Å². The van der Waals surface area contributed by atoms with E-state index in [4.69, 9.17) is 4.74 Å². The van der Waals surface area contributed by atoms with Gasteiger partial charge in [-0.1, -0.05) is 45.1 Å². The molecular weight excluding hydrogens is 346 g/mol. The molecule has 1 N–H and O–H groups in total. The number of aromatic nitrogens is 2. The second kappa shape index (κ2) is 7.96. The predicted molar refractivity (Wildman–Crippen MR) is 81.8 cm³/mol. The van der Waals surface area contributed by atoms with Crippen molar-refractivity contribution in [3.05, 3.63) is 33.7 Å². The normalized spacial score (nSPS) is 10.8. The summed E-state index contributed by atoms with van der Waals surface area (Å²) in [5.41, 5.74) is 2.98. The Kier molecular flexibility index (Phi) is 6.25. The molecule has 102 valence electrons. The molecule has 0 saturated carbocycles. The van der Waals surface area contributed by atoms with Crippen LogP contribution >= 0.6 is 39.0 Å². The van der Waals surface area contributed by atoms with Gasteiger partial charge >= 0.3 is 0 Å². The number of halogens is 1. The first-order valence-electron chi connectivity index (χ1n) is 5.71. The first-order valence-corrected chi connectivity index (χ1v) is 8.20. The average molecular weight is 360 g/mol. The van der Waals surface area contributed by atoms with Crippen molar-refractivity contribution in [2.45, 2.75) is 15.8 Å². The second-order valence-electron chi connectivity index (χ2n) is 3.73. The van der Waals surface area contributed by atoms with E-state index in [-0.39, 0.29) is 0 Å².